The molecule has 1 aromatic heterocycles. The van der Waals surface area contributed by atoms with Crippen molar-refractivity contribution in [2.75, 3.05) is 5.32 Å². The Kier molecular flexibility index (Phi) is 4.98. The van der Waals surface area contributed by atoms with Gasteiger partial charge in [-0.15, -0.1) is 11.3 Å². The number of rotatable bonds is 6. The van der Waals surface area contributed by atoms with Crippen LogP contribution < -0.4 is 10.1 Å². The summed E-state index contributed by atoms with van der Waals surface area (Å²) in [5.74, 6) is 0.127. The van der Waals surface area contributed by atoms with E-state index in [1.54, 1.807) is 18.3 Å². The molecule has 2 N–H and O–H groups in total. The smallest absolute Gasteiger partial charge is 0.335 e. The maximum absolute atomic E-state index is 11.0. The number of carboxylic acids is 1. The summed E-state index contributed by atoms with van der Waals surface area (Å²) in [5.41, 5.74) is 1.13. The number of nitrogens with zero attached hydrogens (tertiary/aromatic N) is 1. The van der Waals surface area contributed by atoms with Gasteiger partial charge in [-0.1, -0.05) is 17.7 Å². The van der Waals surface area contributed by atoms with E-state index in [1.807, 2.05) is 24.3 Å². The Balaban J connectivity index is 1.62. The van der Waals surface area contributed by atoms with Crippen molar-refractivity contribution in [3.63, 3.8) is 0 Å². The van der Waals surface area contributed by atoms with Crippen molar-refractivity contribution in [1.29, 1.82) is 0 Å². The summed E-state index contributed by atoms with van der Waals surface area (Å²) in [6.07, 6.45) is 1.74. The van der Waals surface area contributed by atoms with E-state index in [4.69, 9.17) is 21.4 Å². The zero-order valence-electron chi connectivity index (χ0n) is 12.4. The molecule has 3 rings (SSSR count). The molecule has 24 heavy (non-hydrogen) atoms. The highest BCUT2D eigenvalue weighted by Gasteiger charge is 2.05. The van der Waals surface area contributed by atoms with E-state index in [2.05, 4.69) is 10.3 Å². The van der Waals surface area contributed by atoms with Gasteiger partial charge in [-0.05, 0) is 42.5 Å². The van der Waals surface area contributed by atoms with Gasteiger partial charge in [0, 0.05) is 16.8 Å². The van der Waals surface area contributed by atoms with E-state index in [1.165, 1.54) is 23.5 Å². The topological polar surface area (TPSA) is 71.5 Å². The predicted octanol–water partition coefficient (Wildman–Crippen LogP) is 4.90. The molecule has 1 heterocycles. The summed E-state index contributed by atoms with van der Waals surface area (Å²) in [7, 11) is 0. The molecular formula is C17H13ClN2O3S. The van der Waals surface area contributed by atoms with Gasteiger partial charge in [0.05, 0.1) is 12.1 Å². The van der Waals surface area contributed by atoms with Crippen molar-refractivity contribution in [1.82, 2.24) is 4.98 Å². The number of aromatic nitrogens is 1. The van der Waals surface area contributed by atoms with E-state index in [0.717, 1.165) is 10.6 Å². The van der Waals surface area contributed by atoms with Crippen molar-refractivity contribution >= 4 is 34.6 Å². The van der Waals surface area contributed by atoms with Gasteiger partial charge in [0.1, 0.15) is 11.5 Å². The number of aromatic carboxylic acids is 1. The normalized spacial score (nSPS) is 10.4. The summed E-state index contributed by atoms with van der Waals surface area (Å²) < 4.78 is 6.20. The first-order chi connectivity index (χ1) is 11.6. The van der Waals surface area contributed by atoms with E-state index in [9.17, 15) is 4.79 Å². The van der Waals surface area contributed by atoms with Crippen molar-refractivity contribution in [3.05, 3.63) is 69.6 Å². The molecule has 0 bridgehead atoms. The first-order valence-electron chi connectivity index (χ1n) is 7.05. The predicted molar refractivity (Wildman–Crippen MR) is 94.4 cm³/mol. The van der Waals surface area contributed by atoms with Crippen molar-refractivity contribution in [3.8, 4) is 11.5 Å². The molecule has 0 spiro atoms. The molecule has 0 amide bonds. The van der Waals surface area contributed by atoms with E-state index < -0.39 is 5.97 Å². The number of carboxylic acid groups (broad SMARTS) is 1. The van der Waals surface area contributed by atoms with Gasteiger partial charge in [0.25, 0.3) is 0 Å². The fourth-order valence-electron chi connectivity index (χ4n) is 2.02. The second-order valence-corrected chi connectivity index (χ2v) is 6.59. The van der Waals surface area contributed by atoms with Crippen molar-refractivity contribution in [2.45, 2.75) is 6.54 Å². The number of halogens is 1. The maximum Gasteiger partial charge on any atom is 0.335 e. The van der Waals surface area contributed by atoms with Crippen LogP contribution in [0, 0.1) is 0 Å². The third-order valence-corrected chi connectivity index (χ3v) is 4.28. The fraction of sp³-hybridized carbons (Fsp3) is 0.0588. The lowest BCUT2D eigenvalue weighted by Crippen LogP contribution is -1.97. The number of thiazole rings is 1. The van der Waals surface area contributed by atoms with E-state index in [-0.39, 0.29) is 5.56 Å². The minimum atomic E-state index is -0.983. The number of carbonyl (C=O) groups is 1. The SMILES string of the molecule is O=C(O)c1cccc(Oc2ccc(NCc3cnc(Cl)s3)cc2)c1. The summed E-state index contributed by atoms with van der Waals surface area (Å²) >= 11 is 7.23. The quantitative estimate of drug-likeness (QED) is 0.654. The summed E-state index contributed by atoms with van der Waals surface area (Å²) in [6, 6.07) is 13.8. The van der Waals surface area contributed by atoms with Gasteiger partial charge in [-0.2, -0.15) is 0 Å². The second kappa shape index (κ2) is 7.33. The molecule has 0 unspecified atom stereocenters. The molecule has 5 nitrogen and oxygen atoms in total. The first kappa shape index (κ1) is 16.3. The maximum atomic E-state index is 11.0. The fourth-order valence-corrected chi connectivity index (χ4v) is 2.94. The summed E-state index contributed by atoms with van der Waals surface area (Å²) in [6.45, 7) is 0.644. The minimum absolute atomic E-state index is 0.189. The number of nitrogens with one attached hydrogen (secondary N) is 1. The highest BCUT2D eigenvalue weighted by molar-refractivity contribution is 7.15. The average molecular weight is 361 g/mol. The largest absolute Gasteiger partial charge is 0.478 e. The van der Waals surface area contributed by atoms with Crippen LogP contribution in [-0.2, 0) is 6.54 Å². The van der Waals surface area contributed by atoms with Gasteiger partial charge < -0.3 is 15.2 Å². The Bertz CT molecular complexity index is 849. The zero-order valence-corrected chi connectivity index (χ0v) is 14.0. The molecule has 0 saturated heterocycles. The lowest BCUT2D eigenvalue weighted by Gasteiger charge is -2.08. The summed E-state index contributed by atoms with van der Waals surface area (Å²) in [5, 5.41) is 12.3. The van der Waals surface area contributed by atoms with Crippen LogP contribution in [0.4, 0.5) is 5.69 Å². The van der Waals surface area contributed by atoms with E-state index >= 15 is 0 Å². The van der Waals surface area contributed by atoms with Crippen LogP contribution >= 0.6 is 22.9 Å². The Hall–Kier alpha value is -2.57. The van der Waals surface area contributed by atoms with Gasteiger partial charge in [-0.3, -0.25) is 0 Å². The zero-order chi connectivity index (χ0) is 16.9. The van der Waals surface area contributed by atoms with E-state index in [0.29, 0.717) is 22.5 Å². The third kappa shape index (κ3) is 4.24. The van der Waals surface area contributed by atoms with Gasteiger partial charge in [0.15, 0.2) is 4.47 Å². The second-order valence-electron chi connectivity index (χ2n) is 4.89. The lowest BCUT2D eigenvalue weighted by molar-refractivity contribution is 0.0696. The molecule has 122 valence electrons. The Morgan fingerprint density at radius 1 is 1.21 bits per heavy atom. The van der Waals surface area contributed by atoms with Crippen LogP contribution in [0.1, 0.15) is 15.2 Å². The highest BCUT2D eigenvalue weighted by Crippen LogP contribution is 2.24. The molecular weight excluding hydrogens is 348 g/mol. The van der Waals surface area contributed by atoms with Crippen LogP contribution in [0.25, 0.3) is 0 Å². The van der Waals surface area contributed by atoms with Crippen LogP contribution in [0.15, 0.2) is 54.7 Å². The molecule has 0 fully saturated rings. The van der Waals surface area contributed by atoms with Crippen LogP contribution in [0.2, 0.25) is 4.47 Å². The van der Waals surface area contributed by atoms with Crippen molar-refractivity contribution < 1.29 is 14.6 Å². The van der Waals surface area contributed by atoms with Gasteiger partial charge >= 0.3 is 5.97 Å². The minimum Gasteiger partial charge on any atom is -0.478 e. The third-order valence-electron chi connectivity index (χ3n) is 3.16. The number of anilines is 1. The first-order valence-corrected chi connectivity index (χ1v) is 8.25. The highest BCUT2D eigenvalue weighted by atomic mass is 35.5. The number of ether oxygens (including phenoxy) is 1. The molecule has 3 aromatic rings. The van der Waals surface area contributed by atoms with Crippen LogP contribution in [0.5, 0.6) is 11.5 Å². The Morgan fingerprint density at radius 3 is 2.67 bits per heavy atom. The number of hydrogen-bond acceptors (Lipinski definition) is 5. The molecule has 0 atom stereocenters. The number of hydrogen-bond donors (Lipinski definition) is 2. The van der Waals surface area contributed by atoms with Crippen LogP contribution in [-0.4, -0.2) is 16.1 Å². The van der Waals surface area contributed by atoms with Gasteiger partial charge in [0.2, 0.25) is 0 Å². The average Bonchev–Trinajstić information content (AvgIpc) is 3.00. The standard InChI is InChI=1S/C17H13ClN2O3S/c18-17-20-10-15(24-17)9-19-12-4-6-13(7-5-12)23-14-3-1-2-11(8-14)16(21)22/h1-8,10,19H,9H2,(H,21,22). The van der Waals surface area contributed by atoms with Crippen LogP contribution in [0.3, 0.4) is 0 Å². The Labute approximate surface area is 147 Å². The molecule has 0 aliphatic rings. The monoisotopic (exact) mass is 360 g/mol. The Morgan fingerprint density at radius 2 is 2.00 bits per heavy atom. The molecule has 2 aromatic carbocycles. The lowest BCUT2D eigenvalue weighted by atomic mass is 10.2. The molecule has 0 aliphatic carbocycles. The molecule has 0 radical (unpaired) electrons. The molecule has 7 heteroatoms. The molecule has 0 saturated carbocycles. The summed E-state index contributed by atoms with van der Waals surface area (Å²) in [4.78, 5) is 16.0. The number of benzene rings is 2. The molecule has 0 aliphatic heterocycles. The van der Waals surface area contributed by atoms with Gasteiger partial charge in [-0.25, -0.2) is 9.78 Å². The van der Waals surface area contributed by atoms with Crippen molar-refractivity contribution in [2.24, 2.45) is 0 Å².